The Hall–Kier alpha value is -0.730. The van der Waals surface area contributed by atoms with E-state index in [1.54, 1.807) is 0 Å². The van der Waals surface area contributed by atoms with Crippen LogP contribution in [0, 0.1) is 0 Å². The van der Waals surface area contributed by atoms with E-state index in [0.717, 1.165) is 19.3 Å². The van der Waals surface area contributed by atoms with Crippen LogP contribution in [0.1, 0.15) is 40.0 Å². The maximum Gasteiger partial charge on any atom is 0.508 e. The summed E-state index contributed by atoms with van der Waals surface area (Å²) in [5, 5.41) is 0. The number of carbonyl (C=O) groups excluding carboxylic acids is 1. The van der Waals surface area contributed by atoms with Crippen molar-refractivity contribution in [3.8, 4) is 0 Å². The van der Waals surface area contributed by atoms with Crippen molar-refractivity contribution < 1.29 is 14.3 Å². The van der Waals surface area contributed by atoms with Crippen LogP contribution in [0.15, 0.2) is 0 Å². The van der Waals surface area contributed by atoms with Crippen molar-refractivity contribution in [2.75, 3.05) is 6.61 Å². The molecule has 0 atom stereocenters. The van der Waals surface area contributed by atoms with Gasteiger partial charge in [0.15, 0.2) is 0 Å². The molecule has 3 heteroatoms. The van der Waals surface area contributed by atoms with E-state index in [1.165, 1.54) is 0 Å². The van der Waals surface area contributed by atoms with Gasteiger partial charge in [-0.25, -0.2) is 4.79 Å². The van der Waals surface area contributed by atoms with Crippen LogP contribution in [-0.4, -0.2) is 18.9 Å². The van der Waals surface area contributed by atoms with Crippen molar-refractivity contribution >= 4 is 6.16 Å². The van der Waals surface area contributed by atoms with Crippen LogP contribution in [0.3, 0.4) is 0 Å². The summed E-state index contributed by atoms with van der Waals surface area (Å²) in [6, 6.07) is 0. The molecule has 72 valence electrons. The molecule has 0 saturated heterocycles. The maximum absolute atomic E-state index is 10.9. The van der Waals surface area contributed by atoms with E-state index in [-0.39, 0.29) is 6.10 Å². The lowest BCUT2D eigenvalue weighted by Gasteiger charge is -2.13. The summed E-state index contributed by atoms with van der Waals surface area (Å²) in [6.07, 6.45) is 1.99. The molecule has 0 fully saturated rings. The molecule has 3 nitrogen and oxygen atoms in total. The molecule has 0 aromatic heterocycles. The molecule has 0 spiro atoms. The molecule has 0 aliphatic rings. The Labute approximate surface area is 74.0 Å². The van der Waals surface area contributed by atoms with Gasteiger partial charge in [-0.3, -0.25) is 0 Å². The van der Waals surface area contributed by atoms with Gasteiger partial charge >= 0.3 is 6.16 Å². The fraction of sp³-hybridized carbons (Fsp3) is 0.889. The monoisotopic (exact) mass is 174 g/mol. The van der Waals surface area contributed by atoms with Gasteiger partial charge in [0.1, 0.15) is 6.10 Å². The normalized spacial score (nSPS) is 10.0. The Morgan fingerprint density at radius 2 is 1.83 bits per heavy atom. The maximum atomic E-state index is 10.9. The van der Waals surface area contributed by atoms with Gasteiger partial charge < -0.3 is 9.47 Å². The summed E-state index contributed by atoms with van der Waals surface area (Å²) in [5.41, 5.74) is 0. The van der Waals surface area contributed by atoms with E-state index >= 15 is 0 Å². The van der Waals surface area contributed by atoms with Crippen molar-refractivity contribution in [3.05, 3.63) is 0 Å². The second kappa shape index (κ2) is 6.95. The lowest BCUT2D eigenvalue weighted by Crippen LogP contribution is -2.17. The number of carbonyl (C=O) groups is 1. The average molecular weight is 174 g/mol. The molecule has 0 bridgehead atoms. The van der Waals surface area contributed by atoms with Gasteiger partial charge in [-0.1, -0.05) is 20.8 Å². The zero-order valence-corrected chi connectivity index (χ0v) is 8.13. The molecule has 0 N–H and O–H groups in total. The van der Waals surface area contributed by atoms with Gasteiger partial charge in [0.05, 0.1) is 6.61 Å². The zero-order chi connectivity index (χ0) is 9.40. The Morgan fingerprint density at radius 3 is 2.25 bits per heavy atom. The minimum Gasteiger partial charge on any atom is -0.434 e. The molecule has 0 aliphatic carbocycles. The Bertz CT molecular complexity index is 119. The molecule has 0 radical (unpaired) electrons. The summed E-state index contributed by atoms with van der Waals surface area (Å²) in [4.78, 5) is 10.9. The van der Waals surface area contributed by atoms with Crippen LogP contribution in [0.4, 0.5) is 4.79 Å². The first-order valence-electron chi connectivity index (χ1n) is 4.57. The first kappa shape index (κ1) is 11.3. The SMILES string of the molecule is CCCOC(=O)OC(CC)CC. The number of ether oxygens (including phenoxy) is 2. The van der Waals surface area contributed by atoms with Gasteiger partial charge in [-0.2, -0.15) is 0 Å². The highest BCUT2D eigenvalue weighted by atomic mass is 16.7. The predicted molar refractivity (Wildman–Crippen MR) is 47.1 cm³/mol. The standard InChI is InChI=1S/C9H18O3/c1-4-7-11-9(10)12-8(5-2)6-3/h8H,4-7H2,1-3H3. The number of rotatable bonds is 5. The van der Waals surface area contributed by atoms with Crippen molar-refractivity contribution in [1.29, 1.82) is 0 Å². The fourth-order valence-electron chi connectivity index (χ4n) is 0.811. The van der Waals surface area contributed by atoms with Crippen LogP contribution in [0.5, 0.6) is 0 Å². The molecule has 0 saturated carbocycles. The molecule has 0 heterocycles. The fourth-order valence-corrected chi connectivity index (χ4v) is 0.811. The van der Waals surface area contributed by atoms with Crippen LogP contribution < -0.4 is 0 Å². The van der Waals surface area contributed by atoms with Crippen LogP contribution in [0.25, 0.3) is 0 Å². The van der Waals surface area contributed by atoms with Crippen LogP contribution in [-0.2, 0) is 9.47 Å². The van der Waals surface area contributed by atoms with Crippen LogP contribution in [0.2, 0.25) is 0 Å². The van der Waals surface area contributed by atoms with E-state index in [2.05, 4.69) is 0 Å². The van der Waals surface area contributed by atoms with Gasteiger partial charge in [0.2, 0.25) is 0 Å². The highest BCUT2D eigenvalue weighted by Crippen LogP contribution is 2.04. The smallest absolute Gasteiger partial charge is 0.434 e. The first-order valence-corrected chi connectivity index (χ1v) is 4.57. The lowest BCUT2D eigenvalue weighted by molar-refractivity contribution is 0.0211. The highest BCUT2D eigenvalue weighted by molar-refractivity contribution is 5.60. The van der Waals surface area contributed by atoms with Crippen molar-refractivity contribution in [1.82, 2.24) is 0 Å². The zero-order valence-electron chi connectivity index (χ0n) is 8.13. The van der Waals surface area contributed by atoms with Gasteiger partial charge in [0, 0.05) is 0 Å². The second-order valence-electron chi connectivity index (χ2n) is 2.65. The highest BCUT2D eigenvalue weighted by Gasteiger charge is 2.10. The number of hydrogen-bond donors (Lipinski definition) is 0. The van der Waals surface area contributed by atoms with E-state index in [0.29, 0.717) is 6.61 Å². The van der Waals surface area contributed by atoms with Crippen LogP contribution >= 0.6 is 0 Å². The first-order chi connectivity index (χ1) is 5.74. The minimum atomic E-state index is -0.537. The lowest BCUT2D eigenvalue weighted by atomic mass is 10.2. The van der Waals surface area contributed by atoms with E-state index in [9.17, 15) is 4.79 Å². The van der Waals surface area contributed by atoms with Gasteiger partial charge in [0.25, 0.3) is 0 Å². The summed E-state index contributed by atoms with van der Waals surface area (Å²) in [5.74, 6) is 0. The molecular weight excluding hydrogens is 156 g/mol. The quantitative estimate of drug-likeness (QED) is 0.601. The molecule has 0 amide bonds. The van der Waals surface area contributed by atoms with Gasteiger partial charge in [-0.05, 0) is 19.3 Å². The Balaban J connectivity index is 3.52. The molecule has 0 unspecified atom stereocenters. The average Bonchev–Trinajstić information content (AvgIpc) is 2.10. The second-order valence-corrected chi connectivity index (χ2v) is 2.65. The minimum absolute atomic E-state index is 0.00866. The van der Waals surface area contributed by atoms with Crippen molar-refractivity contribution in [2.45, 2.75) is 46.1 Å². The molecule has 0 aromatic carbocycles. The Morgan fingerprint density at radius 1 is 1.25 bits per heavy atom. The topological polar surface area (TPSA) is 35.5 Å². The Kier molecular flexibility index (Phi) is 6.53. The van der Waals surface area contributed by atoms with E-state index in [4.69, 9.17) is 9.47 Å². The molecule has 0 aromatic rings. The summed E-state index contributed by atoms with van der Waals surface area (Å²) >= 11 is 0. The predicted octanol–water partition coefficient (Wildman–Crippen LogP) is 2.74. The molecule has 0 rings (SSSR count). The largest absolute Gasteiger partial charge is 0.508 e. The molecular formula is C9H18O3. The third kappa shape index (κ3) is 4.99. The van der Waals surface area contributed by atoms with E-state index < -0.39 is 6.16 Å². The van der Waals surface area contributed by atoms with E-state index in [1.807, 2.05) is 20.8 Å². The molecule has 12 heavy (non-hydrogen) atoms. The number of hydrogen-bond acceptors (Lipinski definition) is 3. The van der Waals surface area contributed by atoms with Gasteiger partial charge in [-0.15, -0.1) is 0 Å². The van der Waals surface area contributed by atoms with Crippen molar-refractivity contribution in [3.63, 3.8) is 0 Å². The summed E-state index contributed by atoms with van der Waals surface area (Å²) in [6.45, 7) is 6.37. The molecule has 0 aliphatic heterocycles. The van der Waals surface area contributed by atoms with Crippen molar-refractivity contribution in [2.24, 2.45) is 0 Å². The summed E-state index contributed by atoms with van der Waals surface area (Å²) < 4.78 is 9.75. The summed E-state index contributed by atoms with van der Waals surface area (Å²) in [7, 11) is 0. The third-order valence-electron chi connectivity index (χ3n) is 1.60. The third-order valence-corrected chi connectivity index (χ3v) is 1.60.